The highest BCUT2D eigenvalue weighted by molar-refractivity contribution is 7.80. The van der Waals surface area contributed by atoms with Gasteiger partial charge in [-0.1, -0.05) is 44.2 Å². The smallest absolute Gasteiger partial charge is 0.328 e. The molecule has 0 aliphatic rings. The molecule has 0 radical (unpaired) electrons. The van der Waals surface area contributed by atoms with Crippen LogP contribution in [0.4, 0.5) is 0 Å². The minimum Gasteiger partial charge on any atom is -0.508 e. The number of phenolic OH excluding ortho intramolecular Hbond substituents is 1. The van der Waals surface area contributed by atoms with Crippen LogP contribution in [0.15, 0.2) is 54.7 Å². The van der Waals surface area contributed by atoms with Crippen molar-refractivity contribution in [3.05, 3.63) is 65.9 Å². The molecule has 0 spiro atoms. The lowest BCUT2D eigenvalue weighted by Gasteiger charge is -2.28. The fourth-order valence-corrected chi connectivity index (χ4v) is 9.31. The van der Waals surface area contributed by atoms with Crippen molar-refractivity contribution < 1.29 is 98.1 Å². The molecule has 3 aromatic rings. The number of phenols is 1. The Morgan fingerprint density at radius 2 is 1.02 bits per heavy atom. The third-order valence-corrected chi connectivity index (χ3v) is 14.8. The van der Waals surface area contributed by atoms with Crippen molar-refractivity contribution in [3.8, 4) is 5.75 Å². The fraction of sp³-hybridized carbons (Fsp3) is 0.525. The van der Waals surface area contributed by atoms with Crippen molar-refractivity contribution in [1.82, 2.24) is 74.1 Å². The molecular weight excluding hydrogens is 1300 g/mol. The minimum atomic E-state index is -1.84. The number of hydrogen-bond donors (Lipinski definition) is 25. The first-order valence-corrected chi connectivity index (χ1v) is 31.1. The van der Waals surface area contributed by atoms with Gasteiger partial charge in [-0.25, -0.2) is 4.79 Å². The lowest BCUT2D eigenvalue weighted by atomic mass is 10.0. The molecule has 1 aromatic heterocycles. The van der Waals surface area contributed by atoms with Gasteiger partial charge in [0, 0.05) is 42.2 Å². The summed E-state index contributed by atoms with van der Waals surface area (Å²) in [6.07, 6.45) is -2.12. The number of aromatic nitrogens is 1. The summed E-state index contributed by atoms with van der Waals surface area (Å²) in [5, 5.41) is 108. The highest BCUT2D eigenvalue weighted by atomic mass is 32.1. The summed E-state index contributed by atoms with van der Waals surface area (Å²) in [7, 11) is 0. The van der Waals surface area contributed by atoms with E-state index in [1.165, 1.54) is 38.1 Å². The number of carbonyl (C=O) groups is 13. The Kier molecular flexibility index (Phi) is 34.1. The number of thiol groups is 1. The highest BCUT2D eigenvalue weighted by Crippen LogP contribution is 2.20. The number of para-hydroxylation sites is 1. The molecule has 3 rings (SSSR count). The third kappa shape index (κ3) is 27.5. The molecule has 1 heterocycles. The second kappa shape index (κ2) is 40.6. The standard InChI is InChI=1S/C59H89N17O20S/c1-27(2)17-37(52(89)75-43(26-97)50(87)66-21-44(83)68-40(23-77)49(86)65-22-45(84)69-42(25-79)58(95)96)72-55(92)41(24-78)74-54(91)39(19-32-20-64-35-10-7-6-9-34(32)35)73-53(90)38(18-31-12-14-33(82)15-13-31)71-48(85)28(3)67-57(94)47(30(5)81)76-51(88)36(11-8-16-63-59(61)62)70-56(93)46(60)29(4)80/h6-7,9-10,12-15,20,27-30,36-43,46-47,64,77-82,97H,8,11,16-19,21-26,60H2,1-5H3,(H,65,86)(H,66,87)(H,67,94)(H,68,83)(H,69,84)(H,70,93)(H,71,85)(H,72,92)(H,73,90)(H,74,91)(H,75,89)(H,76,88)(H,95,96)(H4,61,62,63)/t28-,29+,30+,36-,37-,38-,39-,40-,41-,42-,43-,46-,47-/m0/s1. The molecular formula is C59H89N17O20S. The van der Waals surface area contributed by atoms with E-state index in [1.807, 2.05) is 5.32 Å². The summed E-state index contributed by atoms with van der Waals surface area (Å²) in [6, 6.07) is -5.22. The Morgan fingerprint density at radius 1 is 0.536 bits per heavy atom. The quantitative estimate of drug-likeness (QED) is 0.0109. The van der Waals surface area contributed by atoms with E-state index in [1.54, 1.807) is 44.3 Å². The summed E-state index contributed by atoms with van der Waals surface area (Å²) in [5.74, 6) is -15.2. The maximum atomic E-state index is 14.7. The fourth-order valence-electron chi connectivity index (χ4n) is 9.05. The number of aromatic hydroxyl groups is 1. The van der Waals surface area contributed by atoms with E-state index in [0.717, 1.165) is 6.92 Å². The molecule has 0 fully saturated rings. The van der Waals surface area contributed by atoms with Gasteiger partial charge in [0.15, 0.2) is 5.96 Å². The number of rotatable bonds is 41. The zero-order valence-electron chi connectivity index (χ0n) is 53.8. The average molecular weight is 1390 g/mol. The van der Waals surface area contributed by atoms with Crippen LogP contribution in [0.3, 0.4) is 0 Å². The number of nitrogens with one attached hydrogen (secondary N) is 15. The number of nitrogens with two attached hydrogens (primary N) is 2. The van der Waals surface area contributed by atoms with Crippen molar-refractivity contribution in [2.24, 2.45) is 17.4 Å². The van der Waals surface area contributed by atoms with E-state index in [0.29, 0.717) is 22.0 Å². The van der Waals surface area contributed by atoms with Crippen LogP contribution in [0.25, 0.3) is 10.9 Å². The van der Waals surface area contributed by atoms with Crippen LogP contribution in [-0.4, -0.2) is 247 Å². The van der Waals surface area contributed by atoms with Crippen LogP contribution in [0.2, 0.25) is 0 Å². The summed E-state index contributed by atoms with van der Waals surface area (Å²) >= 11 is 4.14. The molecule has 12 amide bonds. The molecule has 0 bridgehead atoms. The number of carbonyl (C=O) groups excluding carboxylic acids is 12. The molecule has 0 unspecified atom stereocenters. The Labute approximate surface area is 561 Å². The van der Waals surface area contributed by atoms with Gasteiger partial charge in [0.2, 0.25) is 70.9 Å². The van der Waals surface area contributed by atoms with Gasteiger partial charge in [0.05, 0.1) is 45.1 Å². The van der Waals surface area contributed by atoms with Crippen molar-refractivity contribution in [1.29, 1.82) is 5.41 Å². The summed E-state index contributed by atoms with van der Waals surface area (Å²) < 4.78 is 0. The van der Waals surface area contributed by atoms with Gasteiger partial charge in [0.25, 0.3) is 0 Å². The number of guanidine groups is 1. The van der Waals surface area contributed by atoms with Crippen LogP contribution in [0.1, 0.15) is 65.0 Å². The van der Waals surface area contributed by atoms with Crippen LogP contribution < -0.4 is 80.6 Å². The molecule has 97 heavy (non-hydrogen) atoms. The van der Waals surface area contributed by atoms with Crippen molar-refractivity contribution in [3.63, 3.8) is 0 Å². The average Bonchev–Trinajstić information content (AvgIpc) is 1.74. The maximum absolute atomic E-state index is 14.7. The van der Waals surface area contributed by atoms with Gasteiger partial charge < -0.3 is 121 Å². The number of aliphatic carboxylic acids is 1. The minimum absolute atomic E-state index is 0.0799. The number of H-pyrrole nitrogens is 1. The SMILES string of the molecule is CC(C)C[C@H](NC(=O)[C@H](CO)NC(=O)[C@H](Cc1c[nH]c2ccccc12)NC(=O)[C@H](Cc1ccc(O)cc1)NC(=O)[C@H](C)NC(=O)[C@@H](NC(=O)[C@H](CCCNC(=N)N)NC(=O)[C@@H](N)[C@@H](C)O)[C@@H](C)O)C(=O)N[C@@H](CS)C(=O)NCC(=O)N[C@@H](CO)C(=O)NCC(=O)N[C@@H](CO)C(=O)O. The number of hydrogen-bond acceptors (Lipinski definition) is 22. The second-order valence-corrected chi connectivity index (χ2v) is 23.2. The Bertz CT molecular complexity index is 3230. The number of fused-ring (bicyclic) bond motifs is 1. The van der Waals surface area contributed by atoms with Crippen LogP contribution >= 0.6 is 12.6 Å². The summed E-state index contributed by atoms with van der Waals surface area (Å²) in [5.41, 5.74) is 12.6. The molecule has 0 aliphatic carbocycles. The van der Waals surface area contributed by atoms with E-state index in [2.05, 4.69) is 81.4 Å². The van der Waals surface area contributed by atoms with E-state index >= 15 is 0 Å². The molecule has 13 atom stereocenters. The molecule has 26 N–H and O–H groups in total. The van der Waals surface area contributed by atoms with Crippen LogP contribution in [-0.2, 0) is 75.2 Å². The number of aromatic amines is 1. The maximum Gasteiger partial charge on any atom is 0.328 e. The normalized spacial score (nSPS) is 15.1. The molecule has 536 valence electrons. The van der Waals surface area contributed by atoms with Gasteiger partial charge >= 0.3 is 5.97 Å². The number of benzene rings is 2. The Balaban J connectivity index is 1.85. The monoisotopic (exact) mass is 1390 g/mol. The predicted molar refractivity (Wildman–Crippen MR) is 348 cm³/mol. The van der Waals surface area contributed by atoms with Crippen LogP contribution in [0, 0.1) is 11.3 Å². The molecule has 0 aliphatic heterocycles. The topological polar surface area (TPSA) is 612 Å². The van der Waals surface area contributed by atoms with Crippen molar-refractivity contribution >= 4 is 106 Å². The number of aliphatic hydroxyl groups excluding tert-OH is 5. The van der Waals surface area contributed by atoms with Gasteiger partial charge in [0.1, 0.15) is 72.2 Å². The van der Waals surface area contributed by atoms with Gasteiger partial charge in [-0.3, -0.25) is 62.9 Å². The van der Waals surface area contributed by atoms with E-state index in [9.17, 15) is 87.9 Å². The first-order valence-electron chi connectivity index (χ1n) is 30.5. The molecule has 37 nitrogen and oxygen atoms in total. The van der Waals surface area contributed by atoms with E-state index < -0.39 is 188 Å². The highest BCUT2D eigenvalue weighted by Gasteiger charge is 2.37. The third-order valence-electron chi connectivity index (χ3n) is 14.5. The molecule has 0 saturated heterocycles. The van der Waals surface area contributed by atoms with Gasteiger partial charge in [-0.05, 0) is 75.3 Å². The molecule has 38 heteroatoms. The molecule has 2 aromatic carbocycles. The first kappa shape index (κ1) is 81.5. The largest absolute Gasteiger partial charge is 0.508 e. The number of carboxylic acid groups (broad SMARTS) is 1. The first-order chi connectivity index (χ1) is 45.7. The number of amides is 12. The summed E-state index contributed by atoms with van der Waals surface area (Å²) in [6.45, 7) is 2.36. The van der Waals surface area contributed by atoms with Gasteiger partial charge in [-0.15, -0.1) is 0 Å². The predicted octanol–water partition coefficient (Wildman–Crippen LogP) is -8.85. The van der Waals surface area contributed by atoms with E-state index in [-0.39, 0.29) is 62.0 Å². The zero-order chi connectivity index (χ0) is 72.8. The lowest BCUT2D eigenvalue weighted by molar-refractivity contribution is -0.143. The Hall–Kier alpha value is -9.73. The second-order valence-electron chi connectivity index (χ2n) is 22.9. The van der Waals surface area contributed by atoms with Crippen molar-refractivity contribution in [2.75, 3.05) is 45.2 Å². The van der Waals surface area contributed by atoms with Crippen LogP contribution in [0.5, 0.6) is 5.75 Å². The van der Waals surface area contributed by atoms with E-state index in [4.69, 9.17) is 27.1 Å². The molecule has 0 saturated carbocycles. The summed E-state index contributed by atoms with van der Waals surface area (Å²) in [4.78, 5) is 176. The Morgan fingerprint density at radius 3 is 1.57 bits per heavy atom. The number of aliphatic hydroxyl groups is 5. The number of carboxylic acids is 1. The zero-order valence-corrected chi connectivity index (χ0v) is 54.7. The van der Waals surface area contributed by atoms with Crippen molar-refractivity contribution in [2.45, 2.75) is 145 Å². The lowest BCUT2D eigenvalue weighted by Crippen LogP contribution is -2.62. The van der Waals surface area contributed by atoms with Gasteiger partial charge in [-0.2, -0.15) is 12.6 Å².